The van der Waals surface area contributed by atoms with E-state index in [9.17, 15) is 4.79 Å². The molecule has 0 unspecified atom stereocenters. The molecule has 2 heterocycles. The highest BCUT2D eigenvalue weighted by molar-refractivity contribution is 7.19. The van der Waals surface area contributed by atoms with Crippen LogP contribution in [0.15, 0.2) is 30.3 Å². The number of aromatic nitrogens is 1. The zero-order valence-electron chi connectivity index (χ0n) is 13.1. The van der Waals surface area contributed by atoms with Crippen LogP contribution in [-0.2, 0) is 0 Å². The highest BCUT2D eigenvalue weighted by Gasteiger charge is 2.17. The summed E-state index contributed by atoms with van der Waals surface area (Å²) in [5.74, 6) is 0.259. The summed E-state index contributed by atoms with van der Waals surface area (Å²) >= 11 is 1.22. The quantitative estimate of drug-likeness (QED) is 0.763. The number of carbonyl (C=O) groups is 1. The predicted molar refractivity (Wildman–Crippen MR) is 94.4 cm³/mol. The molecule has 1 aromatic carbocycles. The van der Waals surface area contributed by atoms with Crippen LogP contribution in [0, 0.1) is 18.3 Å². The largest absolute Gasteiger partial charge is 0.495 e. The minimum atomic E-state index is -0.310. The zero-order chi connectivity index (χ0) is 17.3. The molecule has 0 atom stereocenters. The van der Waals surface area contributed by atoms with Crippen LogP contribution in [0.25, 0.3) is 10.2 Å². The average molecular weight is 338 g/mol. The Balaban J connectivity index is 2.02. The zero-order valence-corrected chi connectivity index (χ0v) is 13.9. The number of hydrogen-bond donors (Lipinski definition) is 2. The molecule has 0 bridgehead atoms. The molecule has 0 fully saturated rings. The van der Waals surface area contributed by atoms with Gasteiger partial charge in [0, 0.05) is 5.39 Å². The van der Waals surface area contributed by atoms with Crippen molar-refractivity contribution in [2.75, 3.05) is 18.2 Å². The Bertz CT molecular complexity index is 988. The van der Waals surface area contributed by atoms with Gasteiger partial charge in [0.2, 0.25) is 0 Å². The number of para-hydroxylation sites is 2. The van der Waals surface area contributed by atoms with Crippen molar-refractivity contribution in [3.05, 3.63) is 46.5 Å². The molecular formula is C17H14N4O2S. The van der Waals surface area contributed by atoms with Crippen molar-refractivity contribution in [3.63, 3.8) is 0 Å². The van der Waals surface area contributed by atoms with Crippen LogP contribution < -0.4 is 15.8 Å². The molecule has 24 heavy (non-hydrogen) atoms. The van der Waals surface area contributed by atoms with Crippen molar-refractivity contribution in [1.29, 1.82) is 5.26 Å². The Morgan fingerprint density at radius 1 is 1.42 bits per heavy atom. The number of nitrogen functional groups attached to an aromatic ring is 1. The number of carbonyl (C=O) groups excluding carboxylic acids is 1. The first-order valence-corrected chi connectivity index (χ1v) is 7.91. The van der Waals surface area contributed by atoms with Crippen molar-refractivity contribution in [2.45, 2.75) is 6.92 Å². The van der Waals surface area contributed by atoms with Gasteiger partial charge in [0.25, 0.3) is 5.91 Å². The molecule has 0 radical (unpaired) electrons. The van der Waals surface area contributed by atoms with Gasteiger partial charge in [-0.05, 0) is 25.1 Å². The number of ether oxygens (including phenoxy) is 1. The number of rotatable bonds is 3. The molecule has 3 aromatic rings. The molecule has 0 saturated carbocycles. The van der Waals surface area contributed by atoms with E-state index in [1.54, 1.807) is 32.2 Å². The molecule has 0 aliphatic carbocycles. The van der Waals surface area contributed by atoms with Gasteiger partial charge in [0.1, 0.15) is 21.5 Å². The molecular weight excluding hydrogens is 324 g/mol. The van der Waals surface area contributed by atoms with Gasteiger partial charge in [0.05, 0.1) is 29.7 Å². The number of anilines is 2. The standard InChI is InChI=1S/C17H14N4O2S/c1-9-10(7-11-15(19)14(8-18)24-17(11)20-9)16(22)21-12-5-3-4-6-13(12)23-2/h3-7H,19H2,1-2H3,(H,21,22). The van der Waals surface area contributed by atoms with Crippen LogP contribution in [0.4, 0.5) is 11.4 Å². The minimum absolute atomic E-state index is 0.310. The van der Waals surface area contributed by atoms with E-state index in [4.69, 9.17) is 15.7 Å². The first-order chi connectivity index (χ1) is 11.5. The summed E-state index contributed by atoms with van der Waals surface area (Å²) in [6, 6.07) is 10.9. The minimum Gasteiger partial charge on any atom is -0.495 e. The van der Waals surface area contributed by atoms with Gasteiger partial charge in [-0.3, -0.25) is 4.79 Å². The smallest absolute Gasteiger partial charge is 0.257 e. The van der Waals surface area contributed by atoms with E-state index >= 15 is 0 Å². The number of fused-ring (bicyclic) bond motifs is 1. The third kappa shape index (κ3) is 2.64. The maximum Gasteiger partial charge on any atom is 0.257 e. The Kier molecular flexibility index (Phi) is 4.06. The lowest BCUT2D eigenvalue weighted by Crippen LogP contribution is -2.14. The summed E-state index contributed by atoms with van der Waals surface area (Å²) in [6.45, 7) is 1.75. The Morgan fingerprint density at radius 3 is 2.88 bits per heavy atom. The molecule has 1 amide bonds. The predicted octanol–water partition coefficient (Wildman–Crippen LogP) is 3.32. The van der Waals surface area contributed by atoms with Crippen LogP contribution in [0.2, 0.25) is 0 Å². The highest BCUT2D eigenvalue weighted by atomic mass is 32.1. The fraction of sp³-hybridized carbons (Fsp3) is 0.118. The molecule has 3 N–H and O–H groups in total. The van der Waals surface area contributed by atoms with Crippen LogP contribution in [-0.4, -0.2) is 18.0 Å². The lowest BCUT2D eigenvalue weighted by molar-refractivity contribution is 0.102. The number of amides is 1. The Labute approximate surface area is 142 Å². The lowest BCUT2D eigenvalue weighted by atomic mass is 10.1. The molecule has 0 aliphatic rings. The van der Waals surface area contributed by atoms with Gasteiger partial charge >= 0.3 is 0 Å². The summed E-state index contributed by atoms with van der Waals surface area (Å²) in [5.41, 5.74) is 7.87. The normalized spacial score (nSPS) is 10.4. The molecule has 120 valence electrons. The van der Waals surface area contributed by atoms with Crippen molar-refractivity contribution >= 4 is 38.8 Å². The second-order valence-corrected chi connectivity index (χ2v) is 6.08. The fourth-order valence-corrected chi connectivity index (χ4v) is 3.30. The first kappa shape index (κ1) is 15.8. The second-order valence-electron chi connectivity index (χ2n) is 5.09. The molecule has 7 heteroatoms. The summed E-state index contributed by atoms with van der Waals surface area (Å²) in [7, 11) is 1.54. The fourth-order valence-electron chi connectivity index (χ4n) is 2.38. The average Bonchev–Trinajstić information content (AvgIpc) is 2.89. The van der Waals surface area contributed by atoms with Gasteiger partial charge in [-0.15, -0.1) is 11.3 Å². The van der Waals surface area contributed by atoms with Crippen molar-refractivity contribution in [2.24, 2.45) is 0 Å². The monoisotopic (exact) mass is 338 g/mol. The molecule has 0 saturated heterocycles. The van der Waals surface area contributed by atoms with Gasteiger partial charge in [-0.1, -0.05) is 12.1 Å². The molecule has 0 aliphatic heterocycles. The topological polar surface area (TPSA) is 101 Å². The third-order valence-electron chi connectivity index (χ3n) is 3.61. The van der Waals surface area contributed by atoms with E-state index in [0.717, 1.165) is 0 Å². The number of hydrogen-bond acceptors (Lipinski definition) is 6. The maximum absolute atomic E-state index is 12.6. The lowest BCUT2D eigenvalue weighted by Gasteiger charge is -2.11. The maximum atomic E-state index is 12.6. The number of thiophene rings is 1. The van der Waals surface area contributed by atoms with Crippen LogP contribution in [0.5, 0.6) is 5.75 Å². The number of pyridine rings is 1. The van der Waals surface area contributed by atoms with Crippen molar-refractivity contribution in [1.82, 2.24) is 4.98 Å². The number of nitriles is 1. The van der Waals surface area contributed by atoms with Crippen LogP contribution in [0.1, 0.15) is 20.9 Å². The molecule has 3 rings (SSSR count). The van der Waals surface area contributed by atoms with E-state index < -0.39 is 0 Å². The Morgan fingerprint density at radius 2 is 2.17 bits per heavy atom. The van der Waals surface area contributed by atoms with E-state index in [-0.39, 0.29) is 5.91 Å². The van der Waals surface area contributed by atoms with Gasteiger partial charge < -0.3 is 15.8 Å². The summed E-state index contributed by atoms with van der Waals surface area (Å²) in [6.07, 6.45) is 0. The van der Waals surface area contributed by atoms with Crippen molar-refractivity contribution in [3.8, 4) is 11.8 Å². The molecule has 0 spiro atoms. The van der Waals surface area contributed by atoms with E-state index in [1.165, 1.54) is 11.3 Å². The summed E-state index contributed by atoms with van der Waals surface area (Å²) in [5, 5.41) is 12.5. The van der Waals surface area contributed by atoms with Gasteiger partial charge in [-0.2, -0.15) is 5.26 Å². The van der Waals surface area contributed by atoms with E-state index in [0.29, 0.717) is 43.5 Å². The first-order valence-electron chi connectivity index (χ1n) is 7.09. The number of aryl methyl sites for hydroxylation is 1. The molecule has 6 nitrogen and oxygen atoms in total. The van der Waals surface area contributed by atoms with Gasteiger partial charge in [0.15, 0.2) is 0 Å². The Hall–Kier alpha value is -3.11. The second kappa shape index (κ2) is 6.18. The van der Waals surface area contributed by atoms with Gasteiger partial charge in [-0.25, -0.2) is 4.98 Å². The van der Waals surface area contributed by atoms with Crippen molar-refractivity contribution < 1.29 is 9.53 Å². The summed E-state index contributed by atoms with van der Waals surface area (Å²) < 4.78 is 5.23. The number of benzene rings is 1. The number of nitrogens with one attached hydrogen (secondary N) is 1. The third-order valence-corrected chi connectivity index (χ3v) is 4.63. The number of methoxy groups -OCH3 is 1. The SMILES string of the molecule is COc1ccccc1NC(=O)c1cc2c(N)c(C#N)sc2nc1C. The van der Waals surface area contributed by atoms with Crippen LogP contribution in [0.3, 0.4) is 0 Å². The highest BCUT2D eigenvalue weighted by Crippen LogP contribution is 2.33. The summed E-state index contributed by atoms with van der Waals surface area (Å²) in [4.78, 5) is 18.1. The van der Waals surface area contributed by atoms with E-state index in [1.807, 2.05) is 18.2 Å². The van der Waals surface area contributed by atoms with Crippen LogP contribution >= 0.6 is 11.3 Å². The molecule has 2 aromatic heterocycles. The number of nitrogens with zero attached hydrogens (tertiary/aromatic N) is 2. The number of nitrogens with two attached hydrogens (primary N) is 1. The van der Waals surface area contributed by atoms with E-state index in [2.05, 4.69) is 10.3 Å².